The molecule has 0 amide bonds. The molecule has 2 aromatic carbocycles. The maximum absolute atomic E-state index is 12.9. The van der Waals surface area contributed by atoms with Crippen LogP contribution in [-0.4, -0.2) is 31.9 Å². The standard InChI is InChI=1S/C19H22FNO3S/c1-2-15-3-9-19(10-4-15)25(22,23)21-13-11-18(12-14-21)24-17-7-5-16(20)6-8-17/h3-10,18H,2,11-14H2,1H3. The van der Waals surface area contributed by atoms with Crippen molar-refractivity contribution in [1.82, 2.24) is 4.31 Å². The van der Waals surface area contributed by atoms with Crippen LogP contribution in [0.4, 0.5) is 4.39 Å². The van der Waals surface area contributed by atoms with Gasteiger partial charge in [-0.05, 0) is 61.2 Å². The molecule has 0 saturated carbocycles. The molecule has 1 aliphatic heterocycles. The summed E-state index contributed by atoms with van der Waals surface area (Å²) in [5.74, 6) is 0.306. The molecule has 3 rings (SSSR count). The van der Waals surface area contributed by atoms with Gasteiger partial charge >= 0.3 is 0 Å². The minimum atomic E-state index is -3.46. The molecule has 0 radical (unpaired) electrons. The molecule has 0 spiro atoms. The van der Waals surface area contributed by atoms with E-state index < -0.39 is 10.0 Å². The van der Waals surface area contributed by atoms with Gasteiger partial charge in [0, 0.05) is 13.1 Å². The van der Waals surface area contributed by atoms with E-state index in [0.29, 0.717) is 36.6 Å². The second-order valence-corrected chi connectivity index (χ2v) is 8.11. The molecule has 1 fully saturated rings. The Morgan fingerprint density at radius 1 is 1.04 bits per heavy atom. The van der Waals surface area contributed by atoms with Crippen molar-refractivity contribution < 1.29 is 17.5 Å². The lowest BCUT2D eigenvalue weighted by molar-refractivity contribution is 0.135. The van der Waals surface area contributed by atoms with E-state index in [9.17, 15) is 12.8 Å². The largest absolute Gasteiger partial charge is 0.490 e. The second-order valence-electron chi connectivity index (χ2n) is 6.17. The third kappa shape index (κ3) is 4.19. The Kier molecular flexibility index (Phi) is 5.39. The average molecular weight is 363 g/mol. The highest BCUT2D eigenvalue weighted by Crippen LogP contribution is 2.24. The van der Waals surface area contributed by atoms with Crippen LogP contribution in [0.1, 0.15) is 25.3 Å². The number of ether oxygens (including phenoxy) is 1. The Bertz CT molecular complexity index is 796. The molecule has 1 saturated heterocycles. The van der Waals surface area contributed by atoms with Gasteiger partial charge in [-0.1, -0.05) is 19.1 Å². The summed E-state index contributed by atoms with van der Waals surface area (Å²) >= 11 is 0. The highest BCUT2D eigenvalue weighted by atomic mass is 32.2. The van der Waals surface area contributed by atoms with E-state index in [1.165, 1.54) is 16.4 Å². The molecule has 0 atom stereocenters. The number of benzene rings is 2. The molecule has 0 unspecified atom stereocenters. The average Bonchev–Trinajstić information content (AvgIpc) is 2.64. The maximum atomic E-state index is 12.9. The van der Waals surface area contributed by atoms with Gasteiger partial charge in [0.25, 0.3) is 0 Å². The molecule has 25 heavy (non-hydrogen) atoms. The third-order valence-corrected chi connectivity index (χ3v) is 6.40. The van der Waals surface area contributed by atoms with Gasteiger partial charge in [-0.2, -0.15) is 4.31 Å². The van der Waals surface area contributed by atoms with Crippen LogP contribution in [0, 0.1) is 5.82 Å². The molecule has 1 aliphatic rings. The number of aryl methyl sites for hydroxylation is 1. The lowest BCUT2D eigenvalue weighted by Gasteiger charge is -2.31. The highest BCUT2D eigenvalue weighted by molar-refractivity contribution is 7.89. The second kappa shape index (κ2) is 7.54. The predicted octanol–water partition coefficient (Wildman–Crippen LogP) is 3.62. The number of halogens is 1. The first-order valence-electron chi connectivity index (χ1n) is 8.50. The van der Waals surface area contributed by atoms with Crippen LogP contribution in [0.3, 0.4) is 0 Å². The molecular formula is C19H22FNO3S. The summed E-state index contributed by atoms with van der Waals surface area (Å²) in [5, 5.41) is 0. The predicted molar refractivity (Wildman–Crippen MR) is 94.6 cm³/mol. The topological polar surface area (TPSA) is 46.6 Å². The van der Waals surface area contributed by atoms with Gasteiger partial charge < -0.3 is 4.74 Å². The Hall–Kier alpha value is -1.92. The van der Waals surface area contributed by atoms with Crippen LogP contribution in [0.25, 0.3) is 0 Å². The Morgan fingerprint density at radius 3 is 2.20 bits per heavy atom. The molecule has 4 nitrogen and oxygen atoms in total. The smallest absolute Gasteiger partial charge is 0.243 e. The fraction of sp³-hybridized carbons (Fsp3) is 0.368. The van der Waals surface area contributed by atoms with E-state index in [2.05, 4.69) is 0 Å². The summed E-state index contributed by atoms with van der Waals surface area (Å²) in [4.78, 5) is 0.336. The summed E-state index contributed by atoms with van der Waals surface area (Å²) in [7, 11) is -3.46. The zero-order valence-electron chi connectivity index (χ0n) is 14.2. The van der Waals surface area contributed by atoms with E-state index in [0.717, 1.165) is 12.0 Å². The zero-order chi connectivity index (χ0) is 17.9. The number of nitrogens with zero attached hydrogens (tertiary/aromatic N) is 1. The van der Waals surface area contributed by atoms with E-state index in [-0.39, 0.29) is 11.9 Å². The molecule has 1 heterocycles. The van der Waals surface area contributed by atoms with Crippen LogP contribution in [-0.2, 0) is 16.4 Å². The fourth-order valence-electron chi connectivity index (χ4n) is 2.94. The molecule has 0 aromatic heterocycles. The molecule has 6 heteroatoms. The summed E-state index contributed by atoms with van der Waals surface area (Å²) < 4.78 is 45.7. The Labute approximate surface area is 148 Å². The lowest BCUT2D eigenvalue weighted by Crippen LogP contribution is -2.41. The third-order valence-electron chi connectivity index (χ3n) is 4.49. The zero-order valence-corrected chi connectivity index (χ0v) is 15.0. The first-order valence-corrected chi connectivity index (χ1v) is 9.94. The number of sulfonamides is 1. The molecule has 0 N–H and O–H groups in total. The molecule has 0 aliphatic carbocycles. The summed E-state index contributed by atoms with van der Waals surface area (Å²) in [5.41, 5.74) is 1.12. The van der Waals surface area contributed by atoms with Gasteiger partial charge in [-0.15, -0.1) is 0 Å². The van der Waals surface area contributed by atoms with Crippen molar-refractivity contribution >= 4 is 10.0 Å². The first kappa shape index (κ1) is 17.9. The van der Waals surface area contributed by atoms with Crippen molar-refractivity contribution in [2.45, 2.75) is 37.2 Å². The minimum Gasteiger partial charge on any atom is -0.490 e. The van der Waals surface area contributed by atoms with Crippen LogP contribution in [0.5, 0.6) is 5.75 Å². The number of piperidine rings is 1. The Morgan fingerprint density at radius 2 is 1.64 bits per heavy atom. The molecule has 2 aromatic rings. The maximum Gasteiger partial charge on any atom is 0.243 e. The van der Waals surface area contributed by atoms with Crippen LogP contribution in [0.15, 0.2) is 53.4 Å². The van der Waals surface area contributed by atoms with E-state index in [4.69, 9.17) is 4.74 Å². The highest BCUT2D eigenvalue weighted by Gasteiger charge is 2.30. The molecule has 134 valence electrons. The van der Waals surface area contributed by atoms with Crippen molar-refractivity contribution in [3.63, 3.8) is 0 Å². The minimum absolute atomic E-state index is 0.0561. The van der Waals surface area contributed by atoms with Crippen molar-refractivity contribution in [1.29, 1.82) is 0 Å². The SMILES string of the molecule is CCc1ccc(S(=O)(=O)N2CCC(Oc3ccc(F)cc3)CC2)cc1. The number of hydrogen-bond donors (Lipinski definition) is 0. The molecular weight excluding hydrogens is 341 g/mol. The first-order chi connectivity index (χ1) is 12.0. The van der Waals surface area contributed by atoms with E-state index in [1.54, 1.807) is 24.3 Å². The van der Waals surface area contributed by atoms with Crippen molar-refractivity contribution in [3.05, 3.63) is 59.9 Å². The fourth-order valence-corrected chi connectivity index (χ4v) is 4.41. The van der Waals surface area contributed by atoms with Crippen molar-refractivity contribution in [2.75, 3.05) is 13.1 Å². The van der Waals surface area contributed by atoms with Gasteiger partial charge in [0.15, 0.2) is 0 Å². The van der Waals surface area contributed by atoms with Gasteiger partial charge in [0.2, 0.25) is 10.0 Å². The van der Waals surface area contributed by atoms with Gasteiger partial charge in [-0.3, -0.25) is 0 Å². The van der Waals surface area contributed by atoms with Crippen LogP contribution in [0.2, 0.25) is 0 Å². The van der Waals surface area contributed by atoms with Crippen molar-refractivity contribution in [2.24, 2.45) is 0 Å². The summed E-state index contributed by atoms with van der Waals surface area (Å²) in [6.07, 6.45) is 2.05. The number of hydrogen-bond acceptors (Lipinski definition) is 3. The van der Waals surface area contributed by atoms with Crippen LogP contribution >= 0.6 is 0 Å². The quantitative estimate of drug-likeness (QED) is 0.815. The Balaban J connectivity index is 1.61. The summed E-state index contributed by atoms with van der Waals surface area (Å²) in [6.45, 7) is 2.88. The lowest BCUT2D eigenvalue weighted by atomic mass is 10.1. The normalized spacial score (nSPS) is 16.7. The van der Waals surface area contributed by atoms with Gasteiger partial charge in [0.1, 0.15) is 17.7 Å². The summed E-state index contributed by atoms with van der Waals surface area (Å²) in [6, 6.07) is 13.0. The van der Waals surface area contributed by atoms with Crippen LogP contribution < -0.4 is 4.74 Å². The molecule has 0 bridgehead atoms. The van der Waals surface area contributed by atoms with E-state index >= 15 is 0 Å². The number of rotatable bonds is 5. The van der Waals surface area contributed by atoms with E-state index in [1.807, 2.05) is 19.1 Å². The van der Waals surface area contributed by atoms with Gasteiger partial charge in [0.05, 0.1) is 4.90 Å². The van der Waals surface area contributed by atoms with Crippen molar-refractivity contribution in [3.8, 4) is 5.75 Å². The monoisotopic (exact) mass is 363 g/mol. The van der Waals surface area contributed by atoms with Gasteiger partial charge in [-0.25, -0.2) is 12.8 Å².